The molecule has 1 atom stereocenters. The lowest BCUT2D eigenvalue weighted by atomic mass is 10.1. The first-order valence-corrected chi connectivity index (χ1v) is 7.43. The van der Waals surface area contributed by atoms with Gasteiger partial charge in [0.1, 0.15) is 5.82 Å². The minimum absolute atomic E-state index is 0.287. The third-order valence-corrected chi connectivity index (χ3v) is 3.53. The molecule has 0 saturated heterocycles. The fraction of sp³-hybridized carbons (Fsp3) is 0.188. The number of nitrogens with one attached hydrogen (secondary N) is 2. The van der Waals surface area contributed by atoms with Gasteiger partial charge in [0.2, 0.25) is 0 Å². The van der Waals surface area contributed by atoms with Crippen LogP contribution in [0, 0.1) is 5.82 Å². The highest BCUT2D eigenvalue weighted by Crippen LogP contribution is 2.18. The van der Waals surface area contributed by atoms with Gasteiger partial charge in [-0.3, -0.25) is 9.78 Å². The van der Waals surface area contributed by atoms with Gasteiger partial charge in [0, 0.05) is 11.8 Å². The van der Waals surface area contributed by atoms with Gasteiger partial charge in [-0.2, -0.15) is 5.21 Å². The Morgan fingerprint density at radius 2 is 2.21 bits per heavy atom. The monoisotopic (exact) mass is 326 g/mol. The second-order valence-corrected chi connectivity index (χ2v) is 5.15. The van der Waals surface area contributed by atoms with Crippen molar-refractivity contribution in [2.75, 3.05) is 0 Å². The molecule has 1 aromatic carbocycles. The second kappa shape index (κ2) is 6.95. The number of rotatable bonds is 5. The van der Waals surface area contributed by atoms with Gasteiger partial charge in [0.25, 0.3) is 5.91 Å². The van der Waals surface area contributed by atoms with Gasteiger partial charge >= 0.3 is 0 Å². The summed E-state index contributed by atoms with van der Waals surface area (Å²) in [6.07, 6.45) is 2.08. The number of nitrogens with zero attached hydrogens (tertiary/aromatic N) is 4. The quantitative estimate of drug-likeness (QED) is 0.750. The van der Waals surface area contributed by atoms with Crippen molar-refractivity contribution in [3.8, 4) is 11.3 Å². The van der Waals surface area contributed by atoms with Crippen molar-refractivity contribution in [1.82, 2.24) is 30.9 Å². The summed E-state index contributed by atoms with van der Waals surface area (Å²) < 4.78 is 13.3. The fourth-order valence-electron chi connectivity index (χ4n) is 2.25. The number of H-pyrrole nitrogens is 1. The van der Waals surface area contributed by atoms with Crippen LogP contribution < -0.4 is 5.32 Å². The van der Waals surface area contributed by atoms with E-state index in [1.54, 1.807) is 24.3 Å². The minimum Gasteiger partial charge on any atom is -0.342 e. The van der Waals surface area contributed by atoms with Gasteiger partial charge in [-0.1, -0.05) is 24.3 Å². The number of tetrazole rings is 1. The molecule has 0 saturated carbocycles. The summed E-state index contributed by atoms with van der Waals surface area (Å²) in [7, 11) is 0. The Balaban J connectivity index is 1.74. The van der Waals surface area contributed by atoms with E-state index in [1.807, 2.05) is 6.92 Å². The molecule has 0 aliphatic carbocycles. The number of benzene rings is 1. The highest BCUT2D eigenvalue weighted by Gasteiger charge is 2.18. The average Bonchev–Trinajstić information content (AvgIpc) is 3.14. The SMILES string of the molecule is CCC(NC(=O)c1ccc(-c2cccc(F)c2)nc1)c1nn[nH]n1. The number of pyridine rings is 1. The zero-order valence-electron chi connectivity index (χ0n) is 12.9. The Hall–Kier alpha value is -3.16. The minimum atomic E-state index is -0.334. The molecule has 3 rings (SSSR count). The molecule has 1 unspecified atom stereocenters. The number of aromatic amines is 1. The molecule has 8 heteroatoms. The number of carbonyl (C=O) groups excluding carboxylic acids is 1. The molecule has 3 aromatic rings. The molecule has 7 nitrogen and oxygen atoms in total. The van der Waals surface area contributed by atoms with E-state index >= 15 is 0 Å². The summed E-state index contributed by atoms with van der Waals surface area (Å²) in [5, 5.41) is 16.5. The van der Waals surface area contributed by atoms with Crippen LogP contribution in [0.25, 0.3) is 11.3 Å². The molecule has 0 radical (unpaired) electrons. The van der Waals surface area contributed by atoms with Crippen molar-refractivity contribution in [2.24, 2.45) is 0 Å². The Labute approximate surface area is 137 Å². The van der Waals surface area contributed by atoms with Crippen molar-refractivity contribution in [3.05, 3.63) is 59.8 Å². The maximum atomic E-state index is 13.3. The van der Waals surface area contributed by atoms with Crippen molar-refractivity contribution in [1.29, 1.82) is 0 Å². The Bertz CT molecular complexity index is 819. The largest absolute Gasteiger partial charge is 0.342 e. The number of aromatic nitrogens is 5. The number of hydrogen-bond acceptors (Lipinski definition) is 5. The first kappa shape index (κ1) is 15.7. The van der Waals surface area contributed by atoms with Gasteiger partial charge in [0.15, 0.2) is 5.82 Å². The van der Waals surface area contributed by atoms with Gasteiger partial charge in [-0.05, 0) is 30.7 Å². The van der Waals surface area contributed by atoms with E-state index in [4.69, 9.17) is 0 Å². The van der Waals surface area contributed by atoms with Gasteiger partial charge in [-0.15, -0.1) is 10.2 Å². The predicted molar refractivity (Wildman–Crippen MR) is 84.3 cm³/mol. The predicted octanol–water partition coefficient (Wildman–Crippen LogP) is 2.28. The lowest BCUT2D eigenvalue weighted by molar-refractivity contribution is 0.0933. The van der Waals surface area contributed by atoms with Gasteiger partial charge in [-0.25, -0.2) is 4.39 Å². The number of carbonyl (C=O) groups is 1. The summed E-state index contributed by atoms with van der Waals surface area (Å²) >= 11 is 0. The molecule has 2 heterocycles. The van der Waals surface area contributed by atoms with Crippen LogP contribution in [-0.4, -0.2) is 31.5 Å². The molecular weight excluding hydrogens is 311 g/mol. The maximum absolute atomic E-state index is 13.3. The van der Waals surface area contributed by atoms with Crippen LogP contribution in [0.15, 0.2) is 42.6 Å². The highest BCUT2D eigenvalue weighted by atomic mass is 19.1. The molecule has 1 amide bonds. The lowest BCUT2D eigenvalue weighted by Gasteiger charge is -2.13. The third kappa shape index (κ3) is 3.43. The van der Waals surface area contributed by atoms with Crippen LogP contribution in [0.4, 0.5) is 4.39 Å². The number of hydrogen-bond donors (Lipinski definition) is 2. The molecule has 122 valence electrons. The molecule has 0 fully saturated rings. The Kier molecular flexibility index (Phi) is 4.55. The van der Waals surface area contributed by atoms with Crippen molar-refractivity contribution < 1.29 is 9.18 Å². The summed E-state index contributed by atoms with van der Waals surface area (Å²) in [6, 6.07) is 9.13. The fourth-order valence-corrected chi connectivity index (χ4v) is 2.25. The first-order chi connectivity index (χ1) is 11.7. The van der Waals surface area contributed by atoms with Gasteiger partial charge < -0.3 is 5.32 Å². The Morgan fingerprint density at radius 3 is 2.83 bits per heavy atom. The van der Waals surface area contributed by atoms with E-state index in [1.165, 1.54) is 18.3 Å². The molecule has 2 N–H and O–H groups in total. The van der Waals surface area contributed by atoms with E-state index in [-0.39, 0.29) is 17.8 Å². The van der Waals surface area contributed by atoms with E-state index in [0.717, 1.165) is 0 Å². The molecular formula is C16H15FN6O. The standard InChI is InChI=1S/C16H15FN6O/c1-2-13(15-20-22-23-21-15)19-16(24)11-6-7-14(18-9-11)10-4-3-5-12(17)8-10/h3-9,13H,2H2,1H3,(H,19,24)(H,20,21,22,23). The van der Waals surface area contributed by atoms with Crippen LogP contribution in [-0.2, 0) is 0 Å². The summed E-state index contributed by atoms with van der Waals surface area (Å²) in [4.78, 5) is 16.5. The topological polar surface area (TPSA) is 96.5 Å². The van der Waals surface area contributed by atoms with Crippen LogP contribution in [0.5, 0.6) is 0 Å². The van der Waals surface area contributed by atoms with E-state index in [9.17, 15) is 9.18 Å². The second-order valence-electron chi connectivity index (χ2n) is 5.15. The summed E-state index contributed by atoms with van der Waals surface area (Å²) in [6.45, 7) is 1.91. The summed E-state index contributed by atoms with van der Waals surface area (Å²) in [5.74, 6) is -0.192. The van der Waals surface area contributed by atoms with Gasteiger partial charge in [0.05, 0.1) is 17.3 Å². The van der Waals surface area contributed by atoms with Crippen LogP contribution >= 0.6 is 0 Å². The number of halogens is 1. The molecule has 0 bridgehead atoms. The van der Waals surface area contributed by atoms with E-state index < -0.39 is 0 Å². The van der Waals surface area contributed by atoms with Crippen molar-refractivity contribution in [3.63, 3.8) is 0 Å². The molecule has 2 aromatic heterocycles. The molecule has 0 spiro atoms. The van der Waals surface area contributed by atoms with E-state index in [2.05, 4.69) is 30.9 Å². The summed E-state index contributed by atoms with van der Waals surface area (Å²) in [5.41, 5.74) is 1.65. The third-order valence-electron chi connectivity index (χ3n) is 3.53. The number of amides is 1. The highest BCUT2D eigenvalue weighted by molar-refractivity contribution is 5.94. The zero-order chi connectivity index (χ0) is 16.9. The van der Waals surface area contributed by atoms with Crippen LogP contribution in [0.1, 0.15) is 35.6 Å². The first-order valence-electron chi connectivity index (χ1n) is 7.43. The van der Waals surface area contributed by atoms with Crippen LogP contribution in [0.3, 0.4) is 0 Å². The van der Waals surface area contributed by atoms with Crippen LogP contribution in [0.2, 0.25) is 0 Å². The normalized spacial score (nSPS) is 11.9. The average molecular weight is 326 g/mol. The van der Waals surface area contributed by atoms with Crippen molar-refractivity contribution in [2.45, 2.75) is 19.4 Å². The smallest absolute Gasteiger partial charge is 0.253 e. The van der Waals surface area contributed by atoms with E-state index in [0.29, 0.717) is 29.1 Å². The molecule has 24 heavy (non-hydrogen) atoms. The molecule has 0 aliphatic rings. The maximum Gasteiger partial charge on any atom is 0.253 e. The van der Waals surface area contributed by atoms with Crippen molar-refractivity contribution >= 4 is 5.91 Å². The Morgan fingerprint density at radius 1 is 1.33 bits per heavy atom. The zero-order valence-corrected chi connectivity index (χ0v) is 12.9. The molecule has 0 aliphatic heterocycles. The lowest BCUT2D eigenvalue weighted by Crippen LogP contribution is -2.29.